The zero-order valence-electron chi connectivity index (χ0n) is 24.3. The van der Waals surface area contributed by atoms with E-state index in [0.717, 1.165) is 15.3 Å². The Labute approximate surface area is 251 Å². The van der Waals surface area contributed by atoms with Crippen molar-refractivity contribution in [1.82, 2.24) is 30.6 Å². The maximum absolute atomic E-state index is 15.4. The lowest BCUT2D eigenvalue weighted by Crippen LogP contribution is -2.66. The van der Waals surface area contributed by atoms with E-state index in [-0.39, 0.29) is 18.1 Å². The highest BCUT2D eigenvalue weighted by Gasteiger charge is 2.51. The van der Waals surface area contributed by atoms with Crippen LogP contribution in [0.4, 0.5) is 9.18 Å². The van der Waals surface area contributed by atoms with Crippen molar-refractivity contribution >= 4 is 27.6 Å². The number of aryl methyl sites for hydroxylation is 2. The van der Waals surface area contributed by atoms with Crippen LogP contribution >= 0.6 is 11.3 Å². The number of aliphatic hydroxyl groups is 1. The third kappa shape index (κ3) is 6.12. The fourth-order valence-corrected chi connectivity index (χ4v) is 6.09. The summed E-state index contributed by atoms with van der Waals surface area (Å²) in [4.78, 5) is 21.4. The summed E-state index contributed by atoms with van der Waals surface area (Å²) in [5.41, 5.74) is 6.15. The predicted molar refractivity (Wildman–Crippen MR) is 154 cm³/mol. The third-order valence-electron chi connectivity index (χ3n) is 7.01. The average Bonchev–Trinajstić information content (AvgIpc) is 3.51. The lowest BCUT2D eigenvalue weighted by molar-refractivity contribution is -0.313. The molecule has 2 aliphatic rings. The van der Waals surface area contributed by atoms with E-state index in [1.54, 1.807) is 33.8 Å². The van der Waals surface area contributed by atoms with E-state index in [4.69, 9.17) is 18.9 Å². The van der Waals surface area contributed by atoms with Crippen LogP contribution in [0.2, 0.25) is 0 Å². The Morgan fingerprint density at radius 1 is 1.16 bits per heavy atom. The van der Waals surface area contributed by atoms with E-state index in [1.807, 2.05) is 37.3 Å². The van der Waals surface area contributed by atoms with Crippen LogP contribution in [0.25, 0.3) is 15.9 Å². The Balaban J connectivity index is 1.34. The molecule has 3 N–H and O–H groups in total. The van der Waals surface area contributed by atoms with Gasteiger partial charge in [0.15, 0.2) is 17.9 Å². The summed E-state index contributed by atoms with van der Waals surface area (Å²) < 4.78 is 41.6. The Morgan fingerprint density at radius 3 is 2.67 bits per heavy atom. The largest absolute Gasteiger partial charge is 0.443 e. The second kappa shape index (κ2) is 11.5. The number of halogens is 1. The van der Waals surface area contributed by atoms with Crippen LogP contribution in [-0.2, 0) is 18.9 Å². The quantitative estimate of drug-likeness (QED) is 0.284. The van der Waals surface area contributed by atoms with Crippen molar-refractivity contribution < 1.29 is 33.2 Å². The van der Waals surface area contributed by atoms with Crippen LogP contribution in [-0.4, -0.2) is 67.5 Å². The maximum Gasteiger partial charge on any atom is 0.422 e. The summed E-state index contributed by atoms with van der Waals surface area (Å²) in [6, 6.07) is 11.5. The van der Waals surface area contributed by atoms with Crippen molar-refractivity contribution in [3.05, 3.63) is 70.5 Å². The van der Waals surface area contributed by atoms with E-state index >= 15 is 4.39 Å². The molecule has 2 aromatic heterocycles. The molecule has 2 saturated heterocycles. The van der Waals surface area contributed by atoms with Gasteiger partial charge in [-0.25, -0.2) is 29.3 Å². The van der Waals surface area contributed by atoms with Crippen LogP contribution in [0.15, 0.2) is 42.5 Å². The smallest absolute Gasteiger partial charge is 0.422 e. The van der Waals surface area contributed by atoms with Crippen molar-refractivity contribution in [3.8, 4) is 5.69 Å². The number of aliphatic hydroxyl groups excluding tert-OH is 1. The number of hydrazine groups is 1. The van der Waals surface area contributed by atoms with Gasteiger partial charge in [-0.1, -0.05) is 30.3 Å². The molecular weight excluding hydrogens is 579 g/mol. The van der Waals surface area contributed by atoms with Crippen LogP contribution in [0.5, 0.6) is 0 Å². The SMILES string of the molecule is Cc1nc([C@@H]2OC3COC(c4ccccc4)O[C@@H]3C(NNC(=O)OC(C)(C)C)C2O)n(-c2cc3sc(C)nc3cc2F)n1. The molecule has 2 aliphatic heterocycles. The first-order valence-electron chi connectivity index (χ1n) is 13.9. The molecular formula is C29H33FN6O6S. The molecule has 1 amide bonds. The Bertz CT molecular complexity index is 1620. The minimum atomic E-state index is -1.33. The average molecular weight is 613 g/mol. The monoisotopic (exact) mass is 612 g/mol. The number of hydrogen-bond donors (Lipinski definition) is 3. The summed E-state index contributed by atoms with van der Waals surface area (Å²) in [5.74, 6) is -0.0230. The molecule has 4 heterocycles. The number of nitrogens with zero attached hydrogens (tertiary/aromatic N) is 4. The van der Waals surface area contributed by atoms with Gasteiger partial charge in [-0.2, -0.15) is 5.10 Å². The summed E-state index contributed by atoms with van der Waals surface area (Å²) in [7, 11) is 0. The van der Waals surface area contributed by atoms with E-state index in [0.29, 0.717) is 11.3 Å². The fraction of sp³-hybridized carbons (Fsp3) is 0.448. The van der Waals surface area contributed by atoms with Gasteiger partial charge in [0.05, 0.1) is 27.9 Å². The minimum absolute atomic E-state index is 0.117. The van der Waals surface area contributed by atoms with Gasteiger partial charge < -0.3 is 24.1 Å². The molecule has 0 aliphatic carbocycles. The number of benzene rings is 2. The molecule has 14 heteroatoms. The lowest BCUT2D eigenvalue weighted by atomic mass is 9.91. The summed E-state index contributed by atoms with van der Waals surface area (Å²) in [6.45, 7) is 8.87. The van der Waals surface area contributed by atoms with Gasteiger partial charge in [0.1, 0.15) is 41.5 Å². The number of nitrogens with one attached hydrogen (secondary N) is 2. The number of amides is 1. The second-order valence-electron chi connectivity index (χ2n) is 11.5. The van der Waals surface area contributed by atoms with Gasteiger partial charge >= 0.3 is 6.09 Å². The first-order chi connectivity index (χ1) is 20.5. The molecule has 2 aromatic carbocycles. The summed E-state index contributed by atoms with van der Waals surface area (Å²) in [6.07, 6.45) is -5.33. The molecule has 43 heavy (non-hydrogen) atoms. The van der Waals surface area contributed by atoms with Gasteiger partial charge in [0, 0.05) is 11.6 Å². The molecule has 12 nitrogen and oxygen atoms in total. The second-order valence-corrected chi connectivity index (χ2v) is 12.7. The van der Waals surface area contributed by atoms with Crippen molar-refractivity contribution in [2.75, 3.05) is 6.61 Å². The minimum Gasteiger partial charge on any atom is -0.443 e. The zero-order valence-corrected chi connectivity index (χ0v) is 25.1. The molecule has 228 valence electrons. The van der Waals surface area contributed by atoms with E-state index in [1.165, 1.54) is 22.1 Å². The van der Waals surface area contributed by atoms with Gasteiger partial charge in [0.25, 0.3) is 0 Å². The van der Waals surface area contributed by atoms with Gasteiger partial charge in [-0.15, -0.1) is 11.3 Å². The number of fused-ring (bicyclic) bond motifs is 2. The lowest BCUT2D eigenvalue weighted by Gasteiger charge is -2.48. The predicted octanol–water partition coefficient (Wildman–Crippen LogP) is 3.95. The Morgan fingerprint density at radius 2 is 1.93 bits per heavy atom. The Kier molecular flexibility index (Phi) is 7.91. The number of rotatable bonds is 5. The van der Waals surface area contributed by atoms with E-state index in [2.05, 4.69) is 25.9 Å². The molecule has 4 aromatic rings. The number of aromatic nitrogens is 4. The number of thiazole rings is 1. The van der Waals surface area contributed by atoms with Crippen molar-refractivity contribution in [2.45, 2.75) is 77.0 Å². The zero-order chi connectivity index (χ0) is 30.5. The van der Waals surface area contributed by atoms with Crippen molar-refractivity contribution in [3.63, 3.8) is 0 Å². The molecule has 0 saturated carbocycles. The first-order valence-corrected chi connectivity index (χ1v) is 14.7. The molecule has 0 radical (unpaired) electrons. The molecule has 2 fully saturated rings. The summed E-state index contributed by atoms with van der Waals surface area (Å²) >= 11 is 1.43. The standard InChI is InChI=1S/C29H33FN6O6S/c1-14-31-26(36(35-14)19-12-21-18(11-17(19)30)32-15(2)43-21)25-23(37)22(33-34-28(38)42-29(3,4)5)24-20(40-25)13-39-27(41-24)16-9-7-6-8-10-16/h6-12,20,22-25,27,33,37H,13H2,1-5H3,(H,34,38)/t20?,22?,23?,24-,25+,27?/m0/s1. The van der Waals surface area contributed by atoms with E-state index in [9.17, 15) is 9.90 Å². The number of carbonyl (C=O) groups is 1. The Hall–Kier alpha value is -3.53. The molecule has 0 spiro atoms. The van der Waals surface area contributed by atoms with Gasteiger partial charge in [0.2, 0.25) is 0 Å². The molecule has 6 rings (SSSR count). The highest BCUT2D eigenvalue weighted by atomic mass is 32.1. The summed E-state index contributed by atoms with van der Waals surface area (Å²) in [5, 5.41) is 17.0. The highest BCUT2D eigenvalue weighted by Crippen LogP contribution is 2.39. The van der Waals surface area contributed by atoms with Gasteiger partial charge in [-0.3, -0.25) is 5.43 Å². The van der Waals surface area contributed by atoms with Crippen LogP contribution in [0.3, 0.4) is 0 Å². The molecule has 0 bridgehead atoms. The van der Waals surface area contributed by atoms with E-state index < -0.39 is 54.3 Å². The van der Waals surface area contributed by atoms with Gasteiger partial charge in [-0.05, 0) is 40.7 Å². The third-order valence-corrected chi connectivity index (χ3v) is 7.94. The first kappa shape index (κ1) is 29.5. The number of hydrogen-bond acceptors (Lipinski definition) is 11. The number of carbonyl (C=O) groups excluding carboxylic acids is 1. The highest BCUT2D eigenvalue weighted by molar-refractivity contribution is 7.18. The molecule has 4 unspecified atom stereocenters. The maximum atomic E-state index is 15.4. The van der Waals surface area contributed by atoms with Crippen molar-refractivity contribution in [1.29, 1.82) is 0 Å². The van der Waals surface area contributed by atoms with Crippen LogP contribution in [0.1, 0.15) is 55.4 Å². The molecule has 6 atom stereocenters. The normalized spacial score (nSPS) is 25.8. The van der Waals surface area contributed by atoms with Crippen molar-refractivity contribution in [2.24, 2.45) is 0 Å². The number of ether oxygens (including phenoxy) is 4. The topological polar surface area (TPSA) is 142 Å². The van der Waals surface area contributed by atoms with Crippen LogP contribution < -0.4 is 10.9 Å². The van der Waals surface area contributed by atoms with Crippen LogP contribution in [0, 0.1) is 19.7 Å². The fourth-order valence-electron chi connectivity index (χ4n) is 5.25.